The SMILES string of the molecule is COC(=O)c1c(-c2c(F)cccc2Cl)noc1C1CC1.OCc1c(-c2c(F)cccc2Cl)noc1C1CC1. The molecule has 198 valence electrons. The lowest BCUT2D eigenvalue weighted by Gasteiger charge is -2.05. The Morgan fingerprint density at radius 3 is 1.92 bits per heavy atom. The average Bonchev–Trinajstić information content (AvgIpc) is 3.84. The zero-order valence-corrected chi connectivity index (χ0v) is 21.7. The molecule has 4 aromatic rings. The first-order valence-electron chi connectivity index (χ1n) is 11.9. The summed E-state index contributed by atoms with van der Waals surface area (Å²) in [6.07, 6.45) is 3.88. The van der Waals surface area contributed by atoms with E-state index >= 15 is 0 Å². The molecule has 2 aromatic heterocycles. The molecule has 2 aliphatic carbocycles. The van der Waals surface area contributed by atoms with Crippen LogP contribution >= 0.6 is 23.2 Å². The smallest absolute Gasteiger partial charge is 0.343 e. The molecule has 0 atom stereocenters. The predicted molar refractivity (Wildman–Crippen MR) is 135 cm³/mol. The molecule has 1 N–H and O–H groups in total. The van der Waals surface area contributed by atoms with E-state index < -0.39 is 17.6 Å². The van der Waals surface area contributed by atoms with Crippen molar-refractivity contribution in [3.8, 4) is 22.5 Å². The van der Waals surface area contributed by atoms with Crippen LogP contribution in [0.25, 0.3) is 22.5 Å². The highest BCUT2D eigenvalue weighted by molar-refractivity contribution is 6.33. The van der Waals surface area contributed by atoms with E-state index in [0.29, 0.717) is 28.7 Å². The van der Waals surface area contributed by atoms with E-state index in [4.69, 9.17) is 37.0 Å². The number of esters is 1. The highest BCUT2D eigenvalue weighted by Gasteiger charge is 2.37. The Morgan fingerprint density at radius 2 is 1.42 bits per heavy atom. The molecule has 2 aliphatic rings. The van der Waals surface area contributed by atoms with Gasteiger partial charge in [-0.15, -0.1) is 0 Å². The standard InChI is InChI=1S/C14H11ClFNO3.C13H11ClFNO2/c1-19-14(18)11-12(17-20-13(11)7-5-6-7)10-8(15)3-2-4-9(10)16;14-9-2-1-3-10(15)11(9)12-8(6-17)13(18-16-12)7-4-5-7/h2-4,7H,5-6H2,1H3;1-3,7,17H,4-6H2. The first kappa shape index (κ1) is 26.3. The van der Waals surface area contributed by atoms with E-state index in [-0.39, 0.29) is 45.0 Å². The van der Waals surface area contributed by atoms with Gasteiger partial charge in [-0.3, -0.25) is 0 Å². The summed E-state index contributed by atoms with van der Waals surface area (Å²) in [6.45, 7) is -0.227. The summed E-state index contributed by atoms with van der Waals surface area (Å²) < 4.78 is 43.0. The molecule has 2 aromatic carbocycles. The van der Waals surface area contributed by atoms with Crippen molar-refractivity contribution in [2.24, 2.45) is 0 Å². The average molecular weight is 563 g/mol. The van der Waals surface area contributed by atoms with Gasteiger partial charge < -0.3 is 18.9 Å². The normalized spacial score (nSPS) is 14.7. The zero-order valence-electron chi connectivity index (χ0n) is 20.1. The van der Waals surface area contributed by atoms with E-state index in [2.05, 4.69) is 10.3 Å². The van der Waals surface area contributed by atoms with Crippen molar-refractivity contribution in [1.29, 1.82) is 0 Å². The molecule has 0 aliphatic heterocycles. The molecule has 2 saturated carbocycles. The topological polar surface area (TPSA) is 98.6 Å². The highest BCUT2D eigenvalue weighted by Crippen LogP contribution is 2.46. The molecule has 38 heavy (non-hydrogen) atoms. The summed E-state index contributed by atoms with van der Waals surface area (Å²) in [7, 11) is 1.26. The lowest BCUT2D eigenvalue weighted by molar-refractivity contribution is 0.0599. The Balaban J connectivity index is 0.000000156. The number of nitrogens with zero attached hydrogens (tertiary/aromatic N) is 2. The van der Waals surface area contributed by atoms with Crippen molar-refractivity contribution < 1.29 is 32.5 Å². The van der Waals surface area contributed by atoms with Crippen molar-refractivity contribution in [2.45, 2.75) is 44.1 Å². The number of benzene rings is 2. The minimum Gasteiger partial charge on any atom is -0.465 e. The van der Waals surface area contributed by atoms with Crippen molar-refractivity contribution in [3.05, 3.63) is 80.7 Å². The van der Waals surface area contributed by atoms with Gasteiger partial charge >= 0.3 is 5.97 Å². The minimum atomic E-state index is -0.595. The van der Waals surface area contributed by atoms with Crippen LogP contribution in [0.15, 0.2) is 45.4 Å². The van der Waals surface area contributed by atoms with Crippen molar-refractivity contribution >= 4 is 29.2 Å². The van der Waals surface area contributed by atoms with Crippen LogP contribution < -0.4 is 0 Å². The molecule has 11 heteroatoms. The quantitative estimate of drug-likeness (QED) is 0.246. The van der Waals surface area contributed by atoms with Crippen molar-refractivity contribution in [2.75, 3.05) is 7.11 Å². The van der Waals surface area contributed by atoms with Crippen LogP contribution in [0.4, 0.5) is 8.78 Å². The second-order valence-electron chi connectivity index (χ2n) is 9.04. The number of ether oxygens (including phenoxy) is 1. The van der Waals surface area contributed by atoms with Crippen LogP contribution in [0.1, 0.15) is 65.0 Å². The van der Waals surface area contributed by atoms with Crippen molar-refractivity contribution in [1.82, 2.24) is 10.3 Å². The number of rotatable bonds is 6. The molecule has 2 fully saturated rings. The fraction of sp³-hybridized carbons (Fsp3) is 0.296. The predicted octanol–water partition coefficient (Wildman–Crippen LogP) is 7.30. The summed E-state index contributed by atoms with van der Waals surface area (Å²) in [6, 6.07) is 8.71. The van der Waals surface area contributed by atoms with E-state index in [0.717, 1.165) is 25.7 Å². The number of methoxy groups -OCH3 is 1. The number of aliphatic hydroxyl groups excluding tert-OH is 1. The number of aromatic nitrogens is 2. The number of aliphatic hydroxyl groups is 1. The number of halogens is 4. The molecule has 0 radical (unpaired) electrons. The van der Waals surface area contributed by atoms with Gasteiger partial charge in [0.15, 0.2) is 5.76 Å². The van der Waals surface area contributed by atoms with Gasteiger partial charge in [0, 0.05) is 17.4 Å². The minimum absolute atomic E-state index is 0.0604. The van der Waals surface area contributed by atoms with Crippen LogP contribution in [-0.4, -0.2) is 28.5 Å². The molecule has 0 unspecified atom stereocenters. The molecule has 0 saturated heterocycles. The highest BCUT2D eigenvalue weighted by atomic mass is 35.5. The van der Waals surface area contributed by atoms with Gasteiger partial charge in [-0.1, -0.05) is 45.6 Å². The molecule has 2 heterocycles. The Bertz CT molecular complexity index is 1450. The van der Waals surface area contributed by atoms with Gasteiger partial charge in [-0.05, 0) is 49.9 Å². The van der Waals surface area contributed by atoms with Crippen molar-refractivity contribution in [3.63, 3.8) is 0 Å². The Kier molecular flexibility index (Phi) is 7.52. The summed E-state index contributed by atoms with van der Waals surface area (Å²) in [5, 5.41) is 17.6. The molecule has 0 bridgehead atoms. The largest absolute Gasteiger partial charge is 0.465 e. The van der Waals surface area contributed by atoms with Gasteiger partial charge in [0.05, 0.1) is 34.9 Å². The monoisotopic (exact) mass is 562 g/mol. The van der Waals surface area contributed by atoms with E-state index in [1.807, 2.05) is 0 Å². The summed E-state index contributed by atoms with van der Waals surface area (Å²) in [5.74, 6) is -0.0542. The van der Waals surface area contributed by atoms with Gasteiger partial charge in [-0.25, -0.2) is 13.6 Å². The Morgan fingerprint density at radius 1 is 0.921 bits per heavy atom. The van der Waals surface area contributed by atoms with Crippen LogP contribution in [0.5, 0.6) is 0 Å². The third kappa shape index (κ3) is 5.06. The van der Waals surface area contributed by atoms with E-state index in [1.165, 1.54) is 37.4 Å². The fourth-order valence-electron chi connectivity index (χ4n) is 4.18. The zero-order chi connectivity index (χ0) is 27.0. The molecule has 0 spiro atoms. The van der Waals surface area contributed by atoms with E-state index in [9.17, 15) is 18.7 Å². The van der Waals surface area contributed by atoms with Crippen LogP contribution in [0, 0.1) is 11.6 Å². The molecular weight excluding hydrogens is 541 g/mol. The second-order valence-corrected chi connectivity index (χ2v) is 9.85. The number of carbonyl (C=O) groups is 1. The Labute approximate surface area is 226 Å². The lowest BCUT2D eigenvalue weighted by Crippen LogP contribution is -2.05. The number of hydrogen-bond donors (Lipinski definition) is 1. The summed E-state index contributed by atoms with van der Waals surface area (Å²) in [4.78, 5) is 12.0. The molecule has 6 rings (SSSR count). The Hall–Kier alpha value is -3.27. The van der Waals surface area contributed by atoms with Gasteiger partial charge in [0.2, 0.25) is 0 Å². The summed E-state index contributed by atoms with van der Waals surface area (Å²) >= 11 is 12.0. The van der Waals surface area contributed by atoms with E-state index in [1.54, 1.807) is 6.07 Å². The molecule has 0 amide bonds. The van der Waals surface area contributed by atoms with Crippen LogP contribution in [0.2, 0.25) is 10.0 Å². The molecule has 7 nitrogen and oxygen atoms in total. The maximum absolute atomic E-state index is 14.0. The lowest BCUT2D eigenvalue weighted by atomic mass is 10.0. The van der Waals surface area contributed by atoms with Crippen LogP contribution in [0.3, 0.4) is 0 Å². The number of hydrogen-bond acceptors (Lipinski definition) is 7. The van der Waals surface area contributed by atoms with Gasteiger partial charge in [0.25, 0.3) is 0 Å². The van der Waals surface area contributed by atoms with Crippen LogP contribution in [-0.2, 0) is 11.3 Å². The second kappa shape index (κ2) is 10.8. The third-order valence-electron chi connectivity index (χ3n) is 6.38. The molecular formula is C27H22Cl2F2N2O5. The maximum atomic E-state index is 14.0. The first-order valence-corrected chi connectivity index (χ1v) is 12.7. The fourth-order valence-corrected chi connectivity index (χ4v) is 4.69. The maximum Gasteiger partial charge on any atom is 0.343 e. The first-order chi connectivity index (χ1) is 18.3. The van der Waals surface area contributed by atoms with Gasteiger partial charge in [-0.2, -0.15) is 0 Å². The van der Waals surface area contributed by atoms with Gasteiger partial charge in [0.1, 0.15) is 34.3 Å². The summed E-state index contributed by atoms with van der Waals surface area (Å²) in [5.41, 5.74) is 1.37. The third-order valence-corrected chi connectivity index (χ3v) is 7.01. The number of carbonyl (C=O) groups excluding carboxylic acids is 1.